The summed E-state index contributed by atoms with van der Waals surface area (Å²) < 4.78 is 5.60. The Labute approximate surface area is 154 Å². The van der Waals surface area contributed by atoms with Gasteiger partial charge in [-0.15, -0.1) is 0 Å². The number of nitrogens with zero attached hydrogens (tertiary/aromatic N) is 2. The highest BCUT2D eigenvalue weighted by molar-refractivity contribution is 6.03. The van der Waals surface area contributed by atoms with Crippen LogP contribution in [0.4, 0.5) is 11.5 Å². The third-order valence-corrected chi connectivity index (χ3v) is 4.44. The van der Waals surface area contributed by atoms with Crippen LogP contribution in [-0.4, -0.2) is 35.1 Å². The van der Waals surface area contributed by atoms with Crippen molar-refractivity contribution in [1.29, 1.82) is 0 Å². The Morgan fingerprint density at radius 1 is 1.27 bits per heavy atom. The molecule has 0 radical (unpaired) electrons. The molecule has 1 atom stereocenters. The van der Waals surface area contributed by atoms with E-state index < -0.39 is 0 Å². The highest BCUT2D eigenvalue weighted by atomic mass is 16.5. The van der Waals surface area contributed by atoms with Crippen molar-refractivity contribution < 1.29 is 9.53 Å². The van der Waals surface area contributed by atoms with Crippen molar-refractivity contribution in [2.45, 2.75) is 45.6 Å². The summed E-state index contributed by atoms with van der Waals surface area (Å²) in [6.07, 6.45) is 2.36. The van der Waals surface area contributed by atoms with Gasteiger partial charge in [-0.05, 0) is 43.4 Å². The Hall–Kier alpha value is -2.47. The van der Waals surface area contributed by atoms with Crippen LogP contribution in [0.5, 0.6) is 0 Å². The Morgan fingerprint density at radius 3 is 2.69 bits per heavy atom. The molecular weight excluding hydrogens is 328 g/mol. The van der Waals surface area contributed by atoms with Gasteiger partial charge in [-0.2, -0.15) is 0 Å². The fourth-order valence-electron chi connectivity index (χ4n) is 2.94. The van der Waals surface area contributed by atoms with Crippen LogP contribution in [0.2, 0.25) is 0 Å². The van der Waals surface area contributed by atoms with Crippen LogP contribution in [0.1, 0.15) is 54.5 Å². The van der Waals surface area contributed by atoms with Gasteiger partial charge in [0.05, 0.1) is 6.10 Å². The second-order valence-corrected chi connectivity index (χ2v) is 6.93. The molecule has 6 nitrogen and oxygen atoms in total. The van der Waals surface area contributed by atoms with Gasteiger partial charge in [0.15, 0.2) is 0 Å². The standard InChI is InChI=1S/C20H26N4O2/c1-13(2)15-6-8-16(9-7-15)24-20(25)18-11-19(23-14(3)22-18)21-12-17-5-4-10-26-17/h6-9,11,13,17H,4-5,10,12H2,1-3H3,(H,24,25)(H,21,22,23). The molecule has 1 aromatic carbocycles. The molecule has 0 bridgehead atoms. The lowest BCUT2D eigenvalue weighted by Crippen LogP contribution is -2.20. The zero-order chi connectivity index (χ0) is 18.5. The number of aromatic nitrogens is 2. The number of aryl methyl sites for hydroxylation is 1. The van der Waals surface area contributed by atoms with Gasteiger partial charge in [-0.25, -0.2) is 9.97 Å². The molecule has 1 aliphatic rings. The third-order valence-electron chi connectivity index (χ3n) is 4.44. The smallest absolute Gasteiger partial charge is 0.274 e. The molecule has 1 aromatic heterocycles. The van der Waals surface area contributed by atoms with Crippen LogP contribution in [0.3, 0.4) is 0 Å². The van der Waals surface area contributed by atoms with E-state index in [-0.39, 0.29) is 12.0 Å². The molecule has 138 valence electrons. The lowest BCUT2D eigenvalue weighted by Gasteiger charge is -2.13. The minimum Gasteiger partial charge on any atom is -0.376 e. The highest BCUT2D eigenvalue weighted by Gasteiger charge is 2.16. The maximum absolute atomic E-state index is 12.5. The molecule has 0 saturated carbocycles. The number of carbonyl (C=O) groups excluding carboxylic acids is 1. The maximum Gasteiger partial charge on any atom is 0.274 e. The minimum atomic E-state index is -0.243. The predicted molar refractivity (Wildman–Crippen MR) is 103 cm³/mol. The number of carbonyl (C=O) groups is 1. The van der Waals surface area contributed by atoms with E-state index in [1.807, 2.05) is 24.3 Å². The second-order valence-electron chi connectivity index (χ2n) is 6.93. The molecule has 0 spiro atoms. The Bertz CT molecular complexity index is 753. The molecule has 26 heavy (non-hydrogen) atoms. The summed E-state index contributed by atoms with van der Waals surface area (Å²) in [7, 11) is 0. The average Bonchev–Trinajstić information content (AvgIpc) is 3.13. The SMILES string of the molecule is Cc1nc(NCC2CCCO2)cc(C(=O)Nc2ccc(C(C)C)cc2)n1. The van der Waals surface area contributed by atoms with Crippen LogP contribution >= 0.6 is 0 Å². The largest absolute Gasteiger partial charge is 0.376 e. The molecule has 1 aliphatic heterocycles. The Balaban J connectivity index is 1.66. The van der Waals surface area contributed by atoms with Crippen molar-refractivity contribution >= 4 is 17.4 Å². The van der Waals surface area contributed by atoms with E-state index >= 15 is 0 Å². The Kier molecular flexibility index (Phi) is 5.83. The molecule has 2 heterocycles. The number of hydrogen-bond donors (Lipinski definition) is 2. The lowest BCUT2D eigenvalue weighted by molar-refractivity contribution is 0.102. The second kappa shape index (κ2) is 8.27. The molecule has 1 fully saturated rings. The fraction of sp³-hybridized carbons (Fsp3) is 0.450. The van der Waals surface area contributed by atoms with Gasteiger partial charge in [0.2, 0.25) is 0 Å². The van der Waals surface area contributed by atoms with Gasteiger partial charge >= 0.3 is 0 Å². The summed E-state index contributed by atoms with van der Waals surface area (Å²) in [6, 6.07) is 9.57. The molecule has 1 unspecified atom stereocenters. The normalized spacial score (nSPS) is 16.7. The Morgan fingerprint density at radius 2 is 2.04 bits per heavy atom. The first-order valence-corrected chi connectivity index (χ1v) is 9.14. The number of anilines is 2. The minimum absolute atomic E-state index is 0.210. The van der Waals surface area contributed by atoms with Gasteiger partial charge in [-0.3, -0.25) is 4.79 Å². The molecule has 6 heteroatoms. The number of rotatable bonds is 6. The predicted octanol–water partition coefficient (Wildman–Crippen LogP) is 3.75. The quantitative estimate of drug-likeness (QED) is 0.826. The first kappa shape index (κ1) is 18.3. The summed E-state index contributed by atoms with van der Waals surface area (Å²) in [5.74, 6) is 1.42. The van der Waals surface area contributed by atoms with Crippen LogP contribution in [-0.2, 0) is 4.74 Å². The van der Waals surface area contributed by atoms with Crippen LogP contribution < -0.4 is 10.6 Å². The van der Waals surface area contributed by atoms with Gasteiger partial charge in [0, 0.05) is 24.9 Å². The third kappa shape index (κ3) is 4.79. The first-order valence-electron chi connectivity index (χ1n) is 9.14. The highest BCUT2D eigenvalue weighted by Crippen LogP contribution is 2.18. The van der Waals surface area contributed by atoms with Crippen molar-refractivity contribution in [2.75, 3.05) is 23.8 Å². The molecule has 2 aromatic rings. The summed E-state index contributed by atoms with van der Waals surface area (Å²) in [6.45, 7) is 7.57. The summed E-state index contributed by atoms with van der Waals surface area (Å²) >= 11 is 0. The molecule has 3 rings (SSSR count). The van der Waals surface area contributed by atoms with Gasteiger partial charge in [-0.1, -0.05) is 26.0 Å². The van der Waals surface area contributed by atoms with Gasteiger partial charge in [0.25, 0.3) is 5.91 Å². The van der Waals surface area contributed by atoms with Crippen LogP contribution in [0.15, 0.2) is 30.3 Å². The number of ether oxygens (including phenoxy) is 1. The van der Waals surface area contributed by atoms with E-state index in [9.17, 15) is 4.79 Å². The van der Waals surface area contributed by atoms with E-state index in [1.165, 1.54) is 5.56 Å². The van der Waals surface area contributed by atoms with Crippen LogP contribution in [0, 0.1) is 6.92 Å². The van der Waals surface area contributed by atoms with Crippen molar-refractivity contribution in [3.8, 4) is 0 Å². The monoisotopic (exact) mass is 354 g/mol. The van der Waals surface area contributed by atoms with Crippen molar-refractivity contribution in [1.82, 2.24) is 9.97 Å². The summed E-state index contributed by atoms with van der Waals surface area (Å²) in [5, 5.41) is 6.14. The van der Waals surface area contributed by atoms with Gasteiger partial charge < -0.3 is 15.4 Å². The molecule has 0 aliphatic carbocycles. The van der Waals surface area contributed by atoms with E-state index in [0.717, 1.165) is 25.1 Å². The van der Waals surface area contributed by atoms with Crippen molar-refractivity contribution in [3.63, 3.8) is 0 Å². The molecule has 1 saturated heterocycles. The topological polar surface area (TPSA) is 76.1 Å². The summed E-state index contributed by atoms with van der Waals surface area (Å²) in [5.41, 5.74) is 2.34. The number of nitrogens with one attached hydrogen (secondary N) is 2. The maximum atomic E-state index is 12.5. The first-order chi connectivity index (χ1) is 12.5. The van der Waals surface area contributed by atoms with Crippen molar-refractivity contribution in [3.05, 3.63) is 47.4 Å². The molecule has 2 N–H and O–H groups in total. The van der Waals surface area contributed by atoms with Crippen LogP contribution in [0.25, 0.3) is 0 Å². The molecular formula is C20H26N4O2. The molecule has 1 amide bonds. The van der Waals surface area contributed by atoms with E-state index in [2.05, 4.69) is 34.4 Å². The number of benzene rings is 1. The van der Waals surface area contributed by atoms with Gasteiger partial charge in [0.1, 0.15) is 17.3 Å². The fourth-order valence-corrected chi connectivity index (χ4v) is 2.94. The zero-order valence-electron chi connectivity index (χ0n) is 15.6. The number of amides is 1. The average molecular weight is 354 g/mol. The van der Waals surface area contributed by atoms with E-state index in [0.29, 0.717) is 29.8 Å². The van der Waals surface area contributed by atoms with E-state index in [4.69, 9.17) is 4.74 Å². The number of hydrogen-bond acceptors (Lipinski definition) is 5. The van der Waals surface area contributed by atoms with Crippen molar-refractivity contribution in [2.24, 2.45) is 0 Å². The summed E-state index contributed by atoms with van der Waals surface area (Å²) in [4.78, 5) is 21.2. The zero-order valence-corrected chi connectivity index (χ0v) is 15.6. The van der Waals surface area contributed by atoms with E-state index in [1.54, 1.807) is 13.0 Å². The lowest BCUT2D eigenvalue weighted by atomic mass is 10.0.